The Balaban J connectivity index is 1.84. The van der Waals surface area contributed by atoms with Crippen LogP contribution >= 0.6 is 0 Å². The van der Waals surface area contributed by atoms with E-state index >= 15 is 0 Å². The lowest BCUT2D eigenvalue weighted by Gasteiger charge is -2.28. The van der Waals surface area contributed by atoms with Crippen LogP contribution in [0.15, 0.2) is 42.1 Å². The van der Waals surface area contributed by atoms with Gasteiger partial charge in [-0.05, 0) is 45.6 Å². The molecule has 1 aromatic carbocycles. The third-order valence-electron chi connectivity index (χ3n) is 4.94. The predicted octanol–water partition coefficient (Wildman–Crippen LogP) is 2.92. The molecule has 0 spiro atoms. The van der Waals surface area contributed by atoms with Crippen molar-refractivity contribution in [2.45, 2.75) is 58.3 Å². The number of esters is 1. The number of ether oxygens (including phenoxy) is 3. The second-order valence-electron chi connectivity index (χ2n) is 9.18. The van der Waals surface area contributed by atoms with Gasteiger partial charge in [-0.2, -0.15) is 0 Å². The van der Waals surface area contributed by atoms with E-state index in [1.54, 1.807) is 20.8 Å². The van der Waals surface area contributed by atoms with Crippen LogP contribution in [-0.2, 0) is 30.4 Å². The average Bonchev–Trinajstić information content (AvgIpc) is 2.80. The van der Waals surface area contributed by atoms with Crippen LogP contribution in [0.1, 0.15) is 45.6 Å². The van der Waals surface area contributed by atoms with Crippen molar-refractivity contribution in [3.8, 4) is 0 Å². The molecule has 0 saturated carbocycles. The molecule has 10 nitrogen and oxygen atoms in total. The normalized spacial score (nSPS) is 14.5. The van der Waals surface area contributed by atoms with Gasteiger partial charge >= 0.3 is 18.2 Å². The van der Waals surface area contributed by atoms with Gasteiger partial charge < -0.3 is 24.8 Å². The van der Waals surface area contributed by atoms with Crippen LogP contribution in [0.4, 0.5) is 9.59 Å². The van der Waals surface area contributed by atoms with Gasteiger partial charge in [-0.15, -0.1) is 0 Å². The van der Waals surface area contributed by atoms with E-state index in [0.29, 0.717) is 31.5 Å². The zero-order valence-electron chi connectivity index (χ0n) is 20.8. The van der Waals surface area contributed by atoms with Crippen LogP contribution < -0.4 is 10.6 Å². The van der Waals surface area contributed by atoms with E-state index in [9.17, 15) is 19.2 Å². The summed E-state index contributed by atoms with van der Waals surface area (Å²) in [5.41, 5.74) is 0.696. The molecule has 1 atom stereocenters. The second kappa shape index (κ2) is 13.4. The van der Waals surface area contributed by atoms with E-state index < -0.39 is 29.8 Å². The van der Waals surface area contributed by atoms with E-state index in [1.165, 1.54) is 18.1 Å². The van der Waals surface area contributed by atoms with Gasteiger partial charge in [0.2, 0.25) is 0 Å². The van der Waals surface area contributed by atoms with Gasteiger partial charge in [0.1, 0.15) is 18.2 Å². The van der Waals surface area contributed by atoms with Gasteiger partial charge in [-0.3, -0.25) is 9.69 Å². The van der Waals surface area contributed by atoms with Gasteiger partial charge in [-0.25, -0.2) is 14.4 Å². The number of methoxy groups -OCH3 is 1. The monoisotopic (exact) mass is 489 g/mol. The molecule has 2 amide bonds. The number of carbonyl (C=O) groups is 4. The van der Waals surface area contributed by atoms with Gasteiger partial charge in [0.05, 0.1) is 20.2 Å². The maximum Gasteiger partial charge on any atom is 0.410 e. The molecule has 0 bridgehead atoms. The van der Waals surface area contributed by atoms with Crippen LogP contribution in [0, 0.1) is 0 Å². The highest BCUT2D eigenvalue weighted by Crippen LogP contribution is 2.12. The summed E-state index contributed by atoms with van der Waals surface area (Å²) in [5, 5.41) is 5.70. The van der Waals surface area contributed by atoms with Crippen LogP contribution in [0.25, 0.3) is 0 Å². The van der Waals surface area contributed by atoms with Crippen molar-refractivity contribution in [2.24, 2.45) is 0 Å². The van der Waals surface area contributed by atoms with Crippen molar-refractivity contribution in [2.75, 3.05) is 26.7 Å². The molecule has 1 heterocycles. The van der Waals surface area contributed by atoms with Gasteiger partial charge in [0.15, 0.2) is 5.78 Å². The number of amides is 2. The zero-order valence-corrected chi connectivity index (χ0v) is 20.8. The maximum absolute atomic E-state index is 12.5. The number of carbonyl (C=O) groups excluding carboxylic acids is 4. The number of nitrogens with one attached hydrogen (secondary N) is 2. The van der Waals surface area contributed by atoms with Crippen molar-refractivity contribution in [3.05, 3.63) is 47.7 Å². The number of unbranched alkanes of at least 4 members (excludes halogenated alkanes) is 1. The van der Waals surface area contributed by atoms with Gasteiger partial charge in [0.25, 0.3) is 0 Å². The van der Waals surface area contributed by atoms with E-state index in [1.807, 2.05) is 30.3 Å². The fraction of sp³-hybridized carbons (Fsp3) is 0.520. The molecule has 0 saturated heterocycles. The minimum Gasteiger partial charge on any atom is -0.467 e. The molecule has 0 aromatic heterocycles. The molecule has 10 heteroatoms. The SMILES string of the molecule is COC(=O)[C@H](CCCCNC(=O)OC(C)(C)C)NC1=CC(=O)CN(C(=O)OCc2ccccc2)C1. The molecule has 1 aromatic rings. The molecule has 2 rings (SSSR count). The minimum absolute atomic E-state index is 0.0962. The first-order valence-electron chi connectivity index (χ1n) is 11.6. The van der Waals surface area contributed by atoms with Crippen LogP contribution in [0.5, 0.6) is 0 Å². The molecular weight excluding hydrogens is 454 g/mol. The molecule has 35 heavy (non-hydrogen) atoms. The predicted molar refractivity (Wildman–Crippen MR) is 128 cm³/mol. The molecule has 0 fully saturated rings. The number of nitrogens with zero attached hydrogens (tertiary/aromatic N) is 1. The number of ketones is 1. The summed E-state index contributed by atoms with van der Waals surface area (Å²) in [6.45, 7) is 5.85. The third-order valence-corrected chi connectivity index (χ3v) is 4.94. The Morgan fingerprint density at radius 2 is 1.80 bits per heavy atom. The number of benzene rings is 1. The highest BCUT2D eigenvalue weighted by atomic mass is 16.6. The molecular formula is C25H35N3O7. The quantitative estimate of drug-likeness (QED) is 0.292. The Labute approximate surface area is 206 Å². The second-order valence-corrected chi connectivity index (χ2v) is 9.18. The molecule has 192 valence electrons. The number of rotatable bonds is 10. The fourth-order valence-electron chi connectivity index (χ4n) is 3.36. The first kappa shape index (κ1) is 27.7. The van der Waals surface area contributed by atoms with Crippen molar-refractivity contribution < 1.29 is 33.4 Å². The van der Waals surface area contributed by atoms with E-state index in [0.717, 1.165) is 5.56 Å². The molecule has 0 aliphatic carbocycles. The topological polar surface area (TPSA) is 123 Å². The standard InChI is InChI=1S/C25H35N3O7/c1-25(2,3)35-23(31)26-13-9-8-12-21(22(30)33-4)27-19-14-20(29)16-28(15-19)24(32)34-17-18-10-6-5-7-11-18/h5-7,10-11,14,21,27H,8-9,12-13,15-17H2,1-4H3,(H,26,31)/t21-/m0/s1. The van der Waals surface area contributed by atoms with E-state index in [-0.39, 0.29) is 25.5 Å². The van der Waals surface area contributed by atoms with Crippen LogP contribution in [0.2, 0.25) is 0 Å². The molecule has 2 N–H and O–H groups in total. The molecule has 1 aliphatic heterocycles. The summed E-state index contributed by atoms with van der Waals surface area (Å²) in [6, 6.07) is 8.53. The summed E-state index contributed by atoms with van der Waals surface area (Å²) in [6.07, 6.45) is 1.91. The van der Waals surface area contributed by atoms with Crippen molar-refractivity contribution in [3.63, 3.8) is 0 Å². The number of hydrogen-bond donors (Lipinski definition) is 2. The van der Waals surface area contributed by atoms with E-state index in [2.05, 4.69) is 10.6 Å². The Morgan fingerprint density at radius 1 is 1.09 bits per heavy atom. The van der Waals surface area contributed by atoms with Crippen LogP contribution in [0.3, 0.4) is 0 Å². The average molecular weight is 490 g/mol. The summed E-state index contributed by atoms with van der Waals surface area (Å²) in [5.74, 6) is -0.761. The lowest BCUT2D eigenvalue weighted by Crippen LogP contribution is -2.46. The first-order valence-corrected chi connectivity index (χ1v) is 11.6. The zero-order chi connectivity index (χ0) is 25.8. The summed E-state index contributed by atoms with van der Waals surface area (Å²) in [7, 11) is 1.29. The van der Waals surface area contributed by atoms with Gasteiger partial charge in [0, 0.05) is 18.3 Å². The Kier molecular flexibility index (Phi) is 10.6. The smallest absolute Gasteiger partial charge is 0.410 e. The summed E-state index contributed by atoms with van der Waals surface area (Å²) in [4.78, 5) is 50.0. The highest BCUT2D eigenvalue weighted by Gasteiger charge is 2.27. The number of hydrogen-bond acceptors (Lipinski definition) is 8. The van der Waals surface area contributed by atoms with Crippen molar-refractivity contribution in [1.29, 1.82) is 0 Å². The minimum atomic E-state index is -0.708. The lowest BCUT2D eigenvalue weighted by molar-refractivity contribution is -0.143. The number of alkyl carbamates (subject to hydrolysis) is 1. The highest BCUT2D eigenvalue weighted by molar-refractivity contribution is 5.95. The Bertz CT molecular complexity index is 909. The third kappa shape index (κ3) is 10.5. The summed E-state index contributed by atoms with van der Waals surface area (Å²) >= 11 is 0. The largest absolute Gasteiger partial charge is 0.467 e. The molecule has 0 radical (unpaired) electrons. The summed E-state index contributed by atoms with van der Waals surface area (Å²) < 4.78 is 15.4. The van der Waals surface area contributed by atoms with Crippen molar-refractivity contribution in [1.82, 2.24) is 15.5 Å². The molecule has 0 unspecified atom stereocenters. The Morgan fingerprint density at radius 3 is 2.46 bits per heavy atom. The van der Waals surface area contributed by atoms with Crippen molar-refractivity contribution >= 4 is 23.9 Å². The van der Waals surface area contributed by atoms with Crippen LogP contribution in [-0.4, -0.2) is 67.2 Å². The van der Waals surface area contributed by atoms with Gasteiger partial charge in [-0.1, -0.05) is 30.3 Å². The first-order chi connectivity index (χ1) is 16.6. The molecule has 1 aliphatic rings. The lowest BCUT2D eigenvalue weighted by atomic mass is 10.1. The maximum atomic E-state index is 12.5. The van der Waals surface area contributed by atoms with E-state index in [4.69, 9.17) is 14.2 Å². The fourth-order valence-corrected chi connectivity index (χ4v) is 3.36. The Hall–Kier alpha value is -3.56.